The van der Waals surface area contributed by atoms with E-state index >= 15 is 0 Å². The van der Waals surface area contributed by atoms with Crippen LogP contribution in [0.1, 0.15) is 25.7 Å². The van der Waals surface area contributed by atoms with Crippen LogP contribution in [-0.2, 0) is 0 Å². The highest BCUT2D eigenvalue weighted by atomic mass is 15.2. The van der Waals surface area contributed by atoms with Gasteiger partial charge >= 0.3 is 0 Å². The highest BCUT2D eigenvalue weighted by molar-refractivity contribution is 5.25. The Morgan fingerprint density at radius 3 is 1.70 bits per heavy atom. The van der Waals surface area contributed by atoms with Gasteiger partial charge in [0, 0.05) is 11.1 Å². The van der Waals surface area contributed by atoms with E-state index in [4.69, 9.17) is 5.73 Å². The van der Waals surface area contributed by atoms with Crippen molar-refractivity contribution in [3.63, 3.8) is 0 Å². The van der Waals surface area contributed by atoms with Crippen molar-refractivity contribution >= 4 is 0 Å². The Kier molecular flexibility index (Phi) is 1.03. The van der Waals surface area contributed by atoms with Gasteiger partial charge < -0.3 is 10.6 Å². The quantitative estimate of drug-likeness (QED) is 0.607. The minimum Gasteiger partial charge on any atom is -0.324 e. The van der Waals surface area contributed by atoms with Crippen molar-refractivity contribution in [2.24, 2.45) is 5.73 Å². The predicted molar refractivity (Wildman–Crippen MR) is 41.8 cm³/mol. The van der Waals surface area contributed by atoms with Gasteiger partial charge in [-0.2, -0.15) is 0 Å². The summed E-state index contributed by atoms with van der Waals surface area (Å²) in [6.07, 6.45) is 5.11. The molecule has 2 aliphatic rings. The molecule has 0 heterocycles. The Bertz CT molecular complexity index is 155. The highest BCUT2D eigenvalue weighted by Crippen LogP contribution is 2.58. The van der Waals surface area contributed by atoms with Crippen molar-refractivity contribution in [2.75, 3.05) is 14.1 Å². The number of rotatable bonds is 2. The second-order valence-corrected chi connectivity index (χ2v) is 4.08. The third-order valence-corrected chi connectivity index (χ3v) is 3.30. The minimum absolute atomic E-state index is 0.205. The molecule has 0 amide bonds. The molecule has 0 unspecified atom stereocenters. The lowest BCUT2D eigenvalue weighted by Gasteiger charge is -2.29. The lowest BCUT2D eigenvalue weighted by atomic mass is 10.0. The summed E-state index contributed by atoms with van der Waals surface area (Å²) in [6, 6.07) is 0. The average Bonchev–Trinajstić information content (AvgIpc) is 2.55. The highest BCUT2D eigenvalue weighted by Gasteiger charge is 2.64. The van der Waals surface area contributed by atoms with E-state index in [-0.39, 0.29) is 5.54 Å². The van der Waals surface area contributed by atoms with Crippen LogP contribution in [-0.4, -0.2) is 30.1 Å². The Hall–Kier alpha value is -0.0800. The fourth-order valence-corrected chi connectivity index (χ4v) is 2.11. The van der Waals surface area contributed by atoms with E-state index in [0.717, 1.165) is 0 Å². The molecule has 0 atom stereocenters. The van der Waals surface area contributed by atoms with Crippen molar-refractivity contribution in [1.82, 2.24) is 4.90 Å². The molecule has 0 aliphatic heterocycles. The van der Waals surface area contributed by atoms with Crippen LogP contribution in [0, 0.1) is 0 Å². The standard InChI is InChI=1S/C8H16N2/c1-10(2)8(5-6-8)7(9)3-4-7/h3-6,9H2,1-2H3. The normalized spacial score (nSPS) is 32.4. The largest absolute Gasteiger partial charge is 0.324 e. The first-order chi connectivity index (χ1) is 4.61. The van der Waals surface area contributed by atoms with Gasteiger partial charge in [-0.3, -0.25) is 0 Å². The summed E-state index contributed by atoms with van der Waals surface area (Å²) in [5.74, 6) is 0. The summed E-state index contributed by atoms with van der Waals surface area (Å²) in [4.78, 5) is 2.32. The summed E-state index contributed by atoms with van der Waals surface area (Å²) >= 11 is 0. The molecule has 2 heteroatoms. The molecule has 0 saturated heterocycles. The monoisotopic (exact) mass is 140 g/mol. The molecule has 2 nitrogen and oxygen atoms in total. The fraction of sp³-hybridized carbons (Fsp3) is 1.00. The summed E-state index contributed by atoms with van der Waals surface area (Å²) in [5.41, 5.74) is 6.76. The van der Waals surface area contributed by atoms with Crippen molar-refractivity contribution in [3.8, 4) is 0 Å². The maximum absolute atomic E-state index is 6.15. The molecule has 10 heavy (non-hydrogen) atoms. The van der Waals surface area contributed by atoms with Crippen LogP contribution < -0.4 is 5.73 Å². The maximum atomic E-state index is 6.15. The molecule has 58 valence electrons. The van der Waals surface area contributed by atoms with E-state index < -0.39 is 0 Å². The number of nitrogens with zero attached hydrogens (tertiary/aromatic N) is 1. The summed E-state index contributed by atoms with van der Waals surface area (Å²) < 4.78 is 0. The molecular formula is C8H16N2. The summed E-state index contributed by atoms with van der Waals surface area (Å²) in [6.45, 7) is 0. The molecule has 0 aromatic carbocycles. The Morgan fingerprint density at radius 2 is 1.60 bits per heavy atom. The number of likely N-dealkylation sites (N-methyl/N-ethyl adjacent to an activating group) is 1. The number of hydrogen-bond acceptors (Lipinski definition) is 2. The minimum atomic E-state index is 0.205. The number of nitrogens with two attached hydrogens (primary N) is 1. The zero-order valence-electron chi connectivity index (χ0n) is 6.85. The van der Waals surface area contributed by atoms with Crippen LogP contribution in [0.15, 0.2) is 0 Å². The van der Waals surface area contributed by atoms with E-state index in [9.17, 15) is 0 Å². The first kappa shape index (κ1) is 6.62. The lowest BCUT2D eigenvalue weighted by molar-refractivity contribution is 0.218. The van der Waals surface area contributed by atoms with Gasteiger partial charge in [0.2, 0.25) is 0 Å². The Labute approximate surface area is 62.4 Å². The van der Waals surface area contributed by atoms with Crippen LogP contribution in [0.5, 0.6) is 0 Å². The zero-order chi connectivity index (χ0) is 7.41. The van der Waals surface area contributed by atoms with Crippen LogP contribution in [0.4, 0.5) is 0 Å². The molecule has 2 saturated carbocycles. The third kappa shape index (κ3) is 0.611. The van der Waals surface area contributed by atoms with Crippen LogP contribution in [0.3, 0.4) is 0 Å². The zero-order valence-corrected chi connectivity index (χ0v) is 6.85. The molecule has 2 fully saturated rings. The Balaban J connectivity index is 2.15. The SMILES string of the molecule is CN(C)C1(C2(N)CC2)CC1. The van der Waals surface area contributed by atoms with E-state index in [1.807, 2.05) is 0 Å². The van der Waals surface area contributed by atoms with Gasteiger partial charge in [-0.1, -0.05) is 0 Å². The van der Waals surface area contributed by atoms with Gasteiger partial charge in [0.25, 0.3) is 0 Å². The lowest BCUT2D eigenvalue weighted by Crippen LogP contribution is -2.48. The molecule has 2 aliphatic carbocycles. The number of hydrogen-bond donors (Lipinski definition) is 1. The van der Waals surface area contributed by atoms with Crippen LogP contribution >= 0.6 is 0 Å². The smallest absolute Gasteiger partial charge is 0.0384 e. The predicted octanol–water partition coefficient (Wildman–Crippen LogP) is 0.572. The van der Waals surface area contributed by atoms with Gasteiger partial charge in [0.1, 0.15) is 0 Å². The molecular weight excluding hydrogens is 124 g/mol. The van der Waals surface area contributed by atoms with Gasteiger partial charge in [0.15, 0.2) is 0 Å². The first-order valence-corrected chi connectivity index (χ1v) is 4.07. The van der Waals surface area contributed by atoms with Crippen molar-refractivity contribution < 1.29 is 0 Å². The van der Waals surface area contributed by atoms with Crippen molar-refractivity contribution in [2.45, 2.75) is 36.8 Å². The molecule has 0 radical (unpaired) electrons. The third-order valence-electron chi connectivity index (χ3n) is 3.30. The van der Waals surface area contributed by atoms with Crippen LogP contribution in [0.2, 0.25) is 0 Å². The topological polar surface area (TPSA) is 29.3 Å². The molecule has 2 N–H and O–H groups in total. The molecule has 2 rings (SSSR count). The summed E-state index contributed by atoms with van der Waals surface area (Å²) in [5, 5.41) is 0. The van der Waals surface area contributed by atoms with E-state index in [1.165, 1.54) is 25.7 Å². The first-order valence-electron chi connectivity index (χ1n) is 4.07. The van der Waals surface area contributed by atoms with Crippen molar-refractivity contribution in [1.29, 1.82) is 0 Å². The average molecular weight is 140 g/mol. The molecule has 0 aromatic rings. The molecule has 0 spiro atoms. The molecule has 0 aromatic heterocycles. The van der Waals surface area contributed by atoms with Gasteiger partial charge in [-0.15, -0.1) is 0 Å². The summed E-state index contributed by atoms with van der Waals surface area (Å²) in [7, 11) is 4.31. The molecule has 0 bridgehead atoms. The van der Waals surface area contributed by atoms with E-state index in [2.05, 4.69) is 19.0 Å². The maximum Gasteiger partial charge on any atom is 0.0384 e. The van der Waals surface area contributed by atoms with Crippen molar-refractivity contribution in [3.05, 3.63) is 0 Å². The van der Waals surface area contributed by atoms with Crippen LogP contribution in [0.25, 0.3) is 0 Å². The van der Waals surface area contributed by atoms with Gasteiger partial charge in [-0.25, -0.2) is 0 Å². The van der Waals surface area contributed by atoms with E-state index in [0.29, 0.717) is 5.54 Å². The van der Waals surface area contributed by atoms with E-state index in [1.54, 1.807) is 0 Å². The fourth-order valence-electron chi connectivity index (χ4n) is 2.11. The van der Waals surface area contributed by atoms with Gasteiger partial charge in [-0.05, 0) is 39.8 Å². The second kappa shape index (κ2) is 1.56. The second-order valence-electron chi connectivity index (χ2n) is 4.08. The Morgan fingerprint density at radius 1 is 1.10 bits per heavy atom. The van der Waals surface area contributed by atoms with Gasteiger partial charge in [0.05, 0.1) is 0 Å².